The lowest BCUT2D eigenvalue weighted by molar-refractivity contribution is 0.0702. The number of hydrogen-bond acceptors (Lipinski definition) is 3. The van der Waals surface area contributed by atoms with E-state index in [1.807, 2.05) is 18.2 Å². The van der Waals surface area contributed by atoms with Crippen molar-refractivity contribution >= 4 is 33.2 Å². The Morgan fingerprint density at radius 2 is 2.21 bits per heavy atom. The largest absolute Gasteiger partial charge is 0.477 e. The van der Waals surface area contributed by atoms with Gasteiger partial charge in [-0.3, -0.25) is 0 Å². The third-order valence-corrected chi connectivity index (χ3v) is 4.37. The van der Waals surface area contributed by atoms with Gasteiger partial charge in [-0.05, 0) is 36.8 Å². The van der Waals surface area contributed by atoms with Gasteiger partial charge in [-0.2, -0.15) is 0 Å². The summed E-state index contributed by atoms with van der Waals surface area (Å²) in [6.45, 7) is 2.76. The summed E-state index contributed by atoms with van der Waals surface area (Å²) in [7, 11) is 0. The van der Waals surface area contributed by atoms with Crippen LogP contribution in [0.5, 0.6) is 0 Å². The Bertz CT molecular complexity index is 582. The number of hydrogen-bond donors (Lipinski definition) is 2. The Kier molecular flexibility index (Phi) is 4.74. The van der Waals surface area contributed by atoms with Crippen molar-refractivity contribution in [2.75, 3.05) is 0 Å². The number of carbonyl (C=O) groups is 1. The molecule has 5 heteroatoms. The van der Waals surface area contributed by atoms with Crippen molar-refractivity contribution in [3.8, 4) is 0 Å². The summed E-state index contributed by atoms with van der Waals surface area (Å²) in [5.74, 6) is -0.865. The zero-order valence-electron chi connectivity index (χ0n) is 10.4. The van der Waals surface area contributed by atoms with Crippen LogP contribution in [0.25, 0.3) is 0 Å². The number of carboxylic acids is 1. The zero-order valence-corrected chi connectivity index (χ0v) is 12.8. The van der Waals surface area contributed by atoms with E-state index in [4.69, 9.17) is 5.11 Å². The molecule has 0 aliphatic heterocycles. The first-order chi connectivity index (χ1) is 9.06. The first kappa shape index (κ1) is 14.2. The highest BCUT2D eigenvalue weighted by Crippen LogP contribution is 2.20. The fourth-order valence-electron chi connectivity index (χ4n) is 1.74. The Labute approximate surface area is 124 Å². The molecule has 2 rings (SSSR count). The standard InChI is InChI=1S/C14H14BrNO2S/c1-9(10-3-2-4-11(15)7-10)16-8-12-5-6-13(19-12)14(17)18/h2-7,9,16H,8H2,1H3,(H,17,18)/t9-/m0/s1. The fraction of sp³-hybridized carbons (Fsp3) is 0.214. The topological polar surface area (TPSA) is 49.3 Å². The van der Waals surface area contributed by atoms with Gasteiger partial charge in [-0.1, -0.05) is 28.1 Å². The molecule has 0 amide bonds. The summed E-state index contributed by atoms with van der Waals surface area (Å²) in [6.07, 6.45) is 0. The van der Waals surface area contributed by atoms with Gasteiger partial charge in [0.1, 0.15) is 4.88 Å². The Balaban J connectivity index is 1.96. The van der Waals surface area contributed by atoms with Crippen molar-refractivity contribution in [1.29, 1.82) is 0 Å². The molecule has 1 heterocycles. The molecular weight excluding hydrogens is 326 g/mol. The molecule has 0 saturated heterocycles. The number of benzene rings is 1. The number of nitrogens with one attached hydrogen (secondary N) is 1. The monoisotopic (exact) mass is 339 g/mol. The Hall–Kier alpha value is -1.17. The molecule has 0 saturated carbocycles. The van der Waals surface area contributed by atoms with Crippen LogP contribution < -0.4 is 5.32 Å². The minimum absolute atomic E-state index is 0.216. The van der Waals surface area contributed by atoms with E-state index < -0.39 is 5.97 Å². The van der Waals surface area contributed by atoms with Gasteiger partial charge in [0.15, 0.2) is 0 Å². The third-order valence-electron chi connectivity index (χ3n) is 2.80. The van der Waals surface area contributed by atoms with Gasteiger partial charge in [-0.15, -0.1) is 11.3 Å². The van der Waals surface area contributed by atoms with Crippen LogP contribution in [0.4, 0.5) is 0 Å². The second-order valence-corrected chi connectivity index (χ2v) is 6.31. The van der Waals surface area contributed by atoms with E-state index in [1.54, 1.807) is 6.07 Å². The molecule has 1 atom stereocenters. The summed E-state index contributed by atoms with van der Waals surface area (Å²) in [4.78, 5) is 12.2. The van der Waals surface area contributed by atoms with Crippen LogP contribution in [-0.4, -0.2) is 11.1 Å². The van der Waals surface area contributed by atoms with Gasteiger partial charge >= 0.3 is 5.97 Å². The lowest BCUT2D eigenvalue weighted by atomic mass is 10.1. The SMILES string of the molecule is C[C@H](NCc1ccc(C(=O)O)s1)c1cccc(Br)c1. The molecule has 2 N–H and O–H groups in total. The number of halogens is 1. The average molecular weight is 340 g/mol. The highest BCUT2D eigenvalue weighted by molar-refractivity contribution is 9.10. The second-order valence-electron chi connectivity index (χ2n) is 4.23. The molecule has 0 aliphatic carbocycles. The quantitative estimate of drug-likeness (QED) is 0.863. The maximum Gasteiger partial charge on any atom is 0.345 e. The van der Waals surface area contributed by atoms with E-state index in [0.29, 0.717) is 11.4 Å². The van der Waals surface area contributed by atoms with Crippen LogP contribution >= 0.6 is 27.3 Å². The maximum absolute atomic E-state index is 10.8. The zero-order chi connectivity index (χ0) is 13.8. The third kappa shape index (κ3) is 3.89. The van der Waals surface area contributed by atoms with Crippen LogP contribution in [0, 0.1) is 0 Å². The molecule has 0 aliphatic rings. The molecule has 0 unspecified atom stereocenters. The van der Waals surface area contributed by atoms with Crippen molar-refractivity contribution in [3.63, 3.8) is 0 Å². The molecule has 2 aromatic rings. The van der Waals surface area contributed by atoms with Crippen LogP contribution in [0.1, 0.15) is 33.1 Å². The lowest BCUT2D eigenvalue weighted by Crippen LogP contribution is -2.17. The van der Waals surface area contributed by atoms with E-state index >= 15 is 0 Å². The smallest absolute Gasteiger partial charge is 0.345 e. The van der Waals surface area contributed by atoms with E-state index in [2.05, 4.69) is 40.3 Å². The molecule has 19 heavy (non-hydrogen) atoms. The minimum Gasteiger partial charge on any atom is -0.477 e. The normalized spacial score (nSPS) is 12.3. The van der Waals surface area contributed by atoms with E-state index in [-0.39, 0.29) is 6.04 Å². The highest BCUT2D eigenvalue weighted by Gasteiger charge is 2.09. The summed E-state index contributed by atoms with van der Waals surface area (Å²) < 4.78 is 1.06. The summed E-state index contributed by atoms with van der Waals surface area (Å²) in [6, 6.07) is 11.9. The predicted molar refractivity (Wildman–Crippen MR) is 80.7 cm³/mol. The lowest BCUT2D eigenvalue weighted by Gasteiger charge is -2.13. The van der Waals surface area contributed by atoms with Crippen molar-refractivity contribution in [2.24, 2.45) is 0 Å². The van der Waals surface area contributed by atoms with E-state index in [1.165, 1.54) is 16.9 Å². The minimum atomic E-state index is -0.865. The van der Waals surface area contributed by atoms with Gasteiger partial charge in [-0.25, -0.2) is 4.79 Å². The van der Waals surface area contributed by atoms with Gasteiger partial charge < -0.3 is 10.4 Å². The van der Waals surface area contributed by atoms with Crippen LogP contribution in [0.15, 0.2) is 40.9 Å². The molecule has 0 fully saturated rings. The highest BCUT2D eigenvalue weighted by atomic mass is 79.9. The van der Waals surface area contributed by atoms with Gasteiger partial charge in [0.25, 0.3) is 0 Å². The molecule has 0 radical (unpaired) electrons. The number of aromatic carboxylic acids is 1. The van der Waals surface area contributed by atoms with Gasteiger partial charge in [0.2, 0.25) is 0 Å². The van der Waals surface area contributed by atoms with Crippen LogP contribution in [-0.2, 0) is 6.54 Å². The molecule has 1 aromatic carbocycles. The molecule has 0 bridgehead atoms. The Morgan fingerprint density at radius 3 is 2.84 bits per heavy atom. The second kappa shape index (κ2) is 6.32. The number of carboxylic acid groups (broad SMARTS) is 1. The van der Waals surface area contributed by atoms with Crippen molar-refractivity contribution in [2.45, 2.75) is 19.5 Å². The first-order valence-electron chi connectivity index (χ1n) is 5.87. The summed E-state index contributed by atoms with van der Waals surface area (Å²) in [5.41, 5.74) is 1.20. The molecule has 1 aromatic heterocycles. The Morgan fingerprint density at radius 1 is 1.42 bits per heavy atom. The van der Waals surface area contributed by atoms with Crippen LogP contribution in [0.3, 0.4) is 0 Å². The molecule has 3 nitrogen and oxygen atoms in total. The first-order valence-corrected chi connectivity index (χ1v) is 7.48. The number of rotatable bonds is 5. The van der Waals surface area contributed by atoms with Crippen molar-refractivity contribution < 1.29 is 9.90 Å². The number of thiophene rings is 1. The summed E-state index contributed by atoms with van der Waals surface area (Å²) >= 11 is 4.76. The maximum atomic E-state index is 10.8. The van der Waals surface area contributed by atoms with E-state index in [9.17, 15) is 4.79 Å². The molecule has 0 spiro atoms. The molecule has 100 valence electrons. The van der Waals surface area contributed by atoms with Gasteiger partial charge in [0, 0.05) is 21.9 Å². The fourth-order valence-corrected chi connectivity index (χ4v) is 2.95. The van der Waals surface area contributed by atoms with Crippen LogP contribution in [0.2, 0.25) is 0 Å². The van der Waals surface area contributed by atoms with E-state index in [0.717, 1.165) is 9.35 Å². The van der Waals surface area contributed by atoms with Gasteiger partial charge in [0.05, 0.1) is 0 Å². The summed E-state index contributed by atoms with van der Waals surface area (Å²) in [5, 5.41) is 12.3. The molecular formula is C14H14BrNO2S. The average Bonchev–Trinajstić information content (AvgIpc) is 2.85. The van der Waals surface area contributed by atoms with Crippen molar-refractivity contribution in [3.05, 3.63) is 56.2 Å². The predicted octanol–water partition coefficient (Wildman–Crippen LogP) is 4.06. The van der Waals surface area contributed by atoms with Crippen molar-refractivity contribution in [1.82, 2.24) is 5.32 Å².